The molecule has 0 unspecified atom stereocenters. The predicted octanol–water partition coefficient (Wildman–Crippen LogP) is 2.15. The number of carboxylic acids is 1. The van der Waals surface area contributed by atoms with Crippen molar-refractivity contribution in [3.8, 4) is 0 Å². The molecular weight excluding hydrogens is 256 g/mol. The Labute approximate surface area is 121 Å². The lowest BCUT2D eigenvalue weighted by molar-refractivity contribution is -0.294. The van der Waals surface area contributed by atoms with Gasteiger partial charge < -0.3 is 9.90 Å². The number of carbonyl (C=O) groups excluding carboxylic acids is 2. The summed E-state index contributed by atoms with van der Waals surface area (Å²) in [6.45, 7) is 3.50. The van der Waals surface area contributed by atoms with E-state index < -0.39 is 5.97 Å². The highest BCUT2D eigenvalue weighted by Gasteiger charge is 2.00. The molecule has 0 rings (SSSR count). The average Bonchev–Trinajstić information content (AvgIpc) is 2.42. The van der Waals surface area contributed by atoms with Crippen molar-refractivity contribution in [2.24, 2.45) is 5.10 Å². The topological polar surface area (TPSA) is 81.6 Å². The minimum atomic E-state index is -1.37. The van der Waals surface area contributed by atoms with Crippen molar-refractivity contribution in [1.29, 1.82) is 0 Å². The molecule has 0 atom stereocenters. The standard InChI is InChI=1S/C15H28N2O3/c1-3-4-5-6-7-8-9-10-11-12-14(18)17-16-13(2)15(19)20/h3-12H2,1-2H3,(H,17,18)(H,19,20)/p-1/b16-13-. The average molecular weight is 283 g/mol. The first kappa shape index (κ1) is 18.6. The Balaban J connectivity index is 3.40. The molecule has 20 heavy (non-hydrogen) atoms. The predicted molar refractivity (Wildman–Crippen MR) is 78.1 cm³/mol. The van der Waals surface area contributed by atoms with Gasteiger partial charge in [-0.1, -0.05) is 58.3 Å². The van der Waals surface area contributed by atoms with Gasteiger partial charge in [0.1, 0.15) is 0 Å². The smallest absolute Gasteiger partial charge is 0.240 e. The summed E-state index contributed by atoms with van der Waals surface area (Å²) in [6.07, 6.45) is 11.1. The molecule has 1 amide bonds. The second-order valence-corrected chi connectivity index (χ2v) is 5.10. The molecule has 0 aromatic heterocycles. The van der Waals surface area contributed by atoms with Gasteiger partial charge in [-0.3, -0.25) is 4.79 Å². The summed E-state index contributed by atoms with van der Waals surface area (Å²) >= 11 is 0. The van der Waals surface area contributed by atoms with E-state index in [0.29, 0.717) is 6.42 Å². The van der Waals surface area contributed by atoms with Gasteiger partial charge in [0, 0.05) is 6.42 Å². The lowest BCUT2D eigenvalue weighted by Gasteiger charge is -2.03. The van der Waals surface area contributed by atoms with Gasteiger partial charge in [-0.15, -0.1) is 0 Å². The van der Waals surface area contributed by atoms with E-state index in [4.69, 9.17) is 0 Å². The third-order valence-electron chi connectivity index (χ3n) is 3.15. The van der Waals surface area contributed by atoms with E-state index in [1.54, 1.807) is 0 Å². The van der Waals surface area contributed by atoms with Gasteiger partial charge in [0.05, 0.1) is 11.7 Å². The fourth-order valence-electron chi connectivity index (χ4n) is 1.84. The first-order valence-electron chi connectivity index (χ1n) is 7.62. The van der Waals surface area contributed by atoms with Crippen molar-refractivity contribution in [2.75, 3.05) is 0 Å². The molecule has 0 fully saturated rings. The highest BCUT2D eigenvalue weighted by atomic mass is 16.4. The molecule has 0 radical (unpaired) electrons. The minimum Gasteiger partial charge on any atom is -0.543 e. The summed E-state index contributed by atoms with van der Waals surface area (Å²) in [5.41, 5.74) is 2.00. The second kappa shape index (κ2) is 12.6. The van der Waals surface area contributed by atoms with Crippen LogP contribution in [0.4, 0.5) is 0 Å². The molecule has 0 heterocycles. The maximum atomic E-state index is 11.3. The number of hydrogen-bond donors (Lipinski definition) is 1. The maximum absolute atomic E-state index is 11.3. The summed E-state index contributed by atoms with van der Waals surface area (Å²) in [4.78, 5) is 21.7. The summed E-state index contributed by atoms with van der Waals surface area (Å²) in [5, 5.41) is 13.8. The van der Waals surface area contributed by atoms with Crippen LogP contribution in [0.3, 0.4) is 0 Å². The van der Waals surface area contributed by atoms with Gasteiger partial charge in [0.15, 0.2) is 0 Å². The van der Waals surface area contributed by atoms with Crippen LogP contribution in [0.5, 0.6) is 0 Å². The molecule has 1 N–H and O–H groups in total. The fourth-order valence-corrected chi connectivity index (χ4v) is 1.84. The first-order chi connectivity index (χ1) is 9.57. The Morgan fingerprint density at radius 2 is 1.45 bits per heavy atom. The molecule has 5 heteroatoms. The van der Waals surface area contributed by atoms with E-state index in [2.05, 4.69) is 17.5 Å². The number of aliphatic carboxylic acids is 1. The molecule has 0 bridgehead atoms. The van der Waals surface area contributed by atoms with Crippen molar-refractivity contribution in [1.82, 2.24) is 5.43 Å². The van der Waals surface area contributed by atoms with Crippen LogP contribution < -0.4 is 10.5 Å². The summed E-state index contributed by atoms with van der Waals surface area (Å²) < 4.78 is 0. The van der Waals surface area contributed by atoms with Gasteiger partial charge >= 0.3 is 0 Å². The van der Waals surface area contributed by atoms with Crippen molar-refractivity contribution < 1.29 is 14.7 Å². The molecule has 0 aromatic rings. The Bertz CT molecular complexity index is 314. The van der Waals surface area contributed by atoms with Gasteiger partial charge in [-0.2, -0.15) is 5.10 Å². The Morgan fingerprint density at radius 1 is 0.950 bits per heavy atom. The van der Waals surface area contributed by atoms with E-state index >= 15 is 0 Å². The highest BCUT2D eigenvalue weighted by molar-refractivity contribution is 6.33. The lowest BCUT2D eigenvalue weighted by Crippen LogP contribution is -2.32. The van der Waals surface area contributed by atoms with Gasteiger partial charge in [0.25, 0.3) is 0 Å². The SMILES string of the molecule is CCCCCCCCCCCC(=O)N/N=C(/C)C(=O)[O-]. The van der Waals surface area contributed by atoms with Crippen LogP contribution in [-0.4, -0.2) is 17.6 Å². The van der Waals surface area contributed by atoms with Crippen LogP contribution >= 0.6 is 0 Å². The molecule has 0 aliphatic rings. The number of rotatable bonds is 12. The van der Waals surface area contributed by atoms with Gasteiger partial charge in [-0.05, 0) is 13.3 Å². The Hall–Kier alpha value is -1.39. The van der Waals surface area contributed by atoms with Crippen LogP contribution in [0.2, 0.25) is 0 Å². The number of unbranched alkanes of at least 4 members (excludes halogenated alkanes) is 8. The summed E-state index contributed by atoms with van der Waals surface area (Å²) in [5.74, 6) is -1.61. The van der Waals surface area contributed by atoms with Crippen LogP contribution in [0, 0.1) is 0 Å². The van der Waals surface area contributed by atoms with Crippen LogP contribution in [0.25, 0.3) is 0 Å². The lowest BCUT2D eigenvalue weighted by atomic mass is 10.1. The van der Waals surface area contributed by atoms with Gasteiger partial charge in [0.2, 0.25) is 5.91 Å². The summed E-state index contributed by atoms with van der Waals surface area (Å²) in [7, 11) is 0. The third-order valence-corrected chi connectivity index (χ3v) is 3.15. The zero-order chi connectivity index (χ0) is 15.2. The molecule has 0 aliphatic heterocycles. The number of hydrazone groups is 1. The molecule has 0 saturated carbocycles. The molecule has 0 aromatic carbocycles. The van der Waals surface area contributed by atoms with Crippen molar-refractivity contribution >= 4 is 17.6 Å². The van der Waals surface area contributed by atoms with Crippen LogP contribution in [0.15, 0.2) is 5.10 Å². The van der Waals surface area contributed by atoms with Gasteiger partial charge in [-0.25, -0.2) is 5.43 Å². The number of carboxylic acid groups (broad SMARTS) is 1. The quantitative estimate of drug-likeness (QED) is 0.338. The van der Waals surface area contributed by atoms with E-state index in [0.717, 1.165) is 19.3 Å². The fraction of sp³-hybridized carbons (Fsp3) is 0.800. The molecule has 116 valence electrons. The molecule has 0 aliphatic carbocycles. The van der Waals surface area contributed by atoms with E-state index in [9.17, 15) is 14.7 Å². The highest BCUT2D eigenvalue weighted by Crippen LogP contribution is 2.10. The first-order valence-corrected chi connectivity index (χ1v) is 7.62. The molecule has 5 nitrogen and oxygen atoms in total. The number of nitrogens with one attached hydrogen (secondary N) is 1. The Kier molecular flexibility index (Phi) is 11.8. The Morgan fingerprint density at radius 3 is 1.95 bits per heavy atom. The molecule has 0 spiro atoms. The largest absolute Gasteiger partial charge is 0.543 e. The maximum Gasteiger partial charge on any atom is 0.240 e. The second-order valence-electron chi connectivity index (χ2n) is 5.10. The molecule has 0 saturated heterocycles. The van der Waals surface area contributed by atoms with Crippen molar-refractivity contribution in [3.05, 3.63) is 0 Å². The van der Waals surface area contributed by atoms with Crippen molar-refractivity contribution in [3.63, 3.8) is 0 Å². The van der Waals surface area contributed by atoms with E-state index in [-0.39, 0.29) is 11.6 Å². The van der Waals surface area contributed by atoms with Crippen LogP contribution in [0.1, 0.15) is 78.1 Å². The minimum absolute atomic E-state index is 0.217. The van der Waals surface area contributed by atoms with Crippen LogP contribution in [-0.2, 0) is 9.59 Å². The monoisotopic (exact) mass is 283 g/mol. The summed E-state index contributed by atoms with van der Waals surface area (Å²) in [6, 6.07) is 0. The number of carbonyl (C=O) groups is 2. The number of nitrogens with zero attached hydrogens (tertiary/aromatic N) is 1. The third kappa shape index (κ3) is 11.7. The number of hydrogen-bond acceptors (Lipinski definition) is 4. The zero-order valence-electron chi connectivity index (χ0n) is 12.7. The van der Waals surface area contributed by atoms with E-state index in [1.165, 1.54) is 45.4 Å². The van der Waals surface area contributed by atoms with Crippen molar-refractivity contribution in [2.45, 2.75) is 78.1 Å². The van der Waals surface area contributed by atoms with E-state index in [1.807, 2.05) is 0 Å². The normalized spacial score (nSPS) is 11.4. The zero-order valence-corrected chi connectivity index (χ0v) is 12.7. The number of amides is 1. The molecular formula is C15H27N2O3-.